The molecule has 0 radical (unpaired) electrons. The van der Waals surface area contributed by atoms with Crippen molar-refractivity contribution in [2.45, 2.75) is 78.0 Å². The number of esters is 1. The van der Waals surface area contributed by atoms with Gasteiger partial charge < -0.3 is 15.0 Å². The van der Waals surface area contributed by atoms with Gasteiger partial charge in [0.25, 0.3) is 0 Å². The van der Waals surface area contributed by atoms with Gasteiger partial charge in [-0.05, 0) is 69.8 Å². The largest absolute Gasteiger partial charge is 0.459 e. The van der Waals surface area contributed by atoms with E-state index in [0.717, 1.165) is 34.3 Å². The maximum Gasteiger partial charge on any atom is 0.338 e. The number of nitrogens with one attached hydrogen (secondary N) is 1. The molecule has 4 atom stereocenters. The Hall–Kier alpha value is -2.54. The molecule has 2 saturated carbocycles. The molecule has 2 fully saturated rings. The van der Waals surface area contributed by atoms with Crippen LogP contribution in [0.4, 0.5) is 0 Å². The molecule has 34 heavy (non-hydrogen) atoms. The van der Waals surface area contributed by atoms with E-state index >= 15 is 0 Å². The zero-order chi connectivity index (χ0) is 24.0. The molecule has 1 aromatic rings. The minimum atomic E-state index is -0.379. The number of nitrogens with zero attached hydrogens (tertiary/aromatic N) is 2. The van der Waals surface area contributed by atoms with E-state index < -0.39 is 0 Å². The number of hydrogen-bond acceptors (Lipinski definition) is 6. The van der Waals surface area contributed by atoms with E-state index in [4.69, 9.17) is 9.73 Å². The lowest BCUT2D eigenvalue weighted by Gasteiger charge is -2.36. The molecule has 0 unspecified atom stereocenters. The minimum absolute atomic E-state index is 0.0474. The molecule has 0 aromatic heterocycles. The van der Waals surface area contributed by atoms with Crippen LogP contribution in [-0.4, -0.2) is 34.1 Å². The number of aliphatic imine (C=N–C) groups is 1. The Balaban J connectivity index is 1.43. The maximum atomic E-state index is 13.2. The highest BCUT2D eigenvalue weighted by Gasteiger charge is 2.43. The van der Waals surface area contributed by atoms with Gasteiger partial charge in [0, 0.05) is 11.7 Å². The minimum Gasteiger partial charge on any atom is -0.459 e. The molecule has 0 spiro atoms. The number of allylic oxidation sites excluding steroid dienone is 1. The van der Waals surface area contributed by atoms with Gasteiger partial charge in [-0.15, -0.1) is 0 Å². The highest BCUT2D eigenvalue weighted by molar-refractivity contribution is 8.16. The smallest absolute Gasteiger partial charge is 0.338 e. The summed E-state index contributed by atoms with van der Waals surface area (Å²) in [5, 5.41) is 6.11. The second-order valence-electron chi connectivity index (χ2n) is 10.3. The zero-order valence-electron chi connectivity index (χ0n) is 20.3. The molecule has 180 valence electrons. The van der Waals surface area contributed by atoms with Crippen LogP contribution in [0.1, 0.15) is 70.0 Å². The second kappa shape index (κ2) is 9.25. The van der Waals surface area contributed by atoms with Gasteiger partial charge in [0.1, 0.15) is 0 Å². The van der Waals surface area contributed by atoms with E-state index in [1.54, 1.807) is 0 Å². The molecule has 2 aliphatic carbocycles. The van der Waals surface area contributed by atoms with Crippen molar-refractivity contribution >= 4 is 28.8 Å². The maximum absolute atomic E-state index is 13.2. The molecule has 0 saturated heterocycles. The van der Waals surface area contributed by atoms with E-state index in [1.165, 1.54) is 31.0 Å². The molecule has 1 amide bonds. The molecule has 1 aromatic carbocycles. The molecule has 7 heteroatoms. The summed E-state index contributed by atoms with van der Waals surface area (Å²) in [5.74, 6) is 1.11. The lowest BCUT2D eigenvalue weighted by atomic mass is 9.92. The van der Waals surface area contributed by atoms with Crippen molar-refractivity contribution < 1.29 is 14.3 Å². The van der Waals surface area contributed by atoms with Crippen LogP contribution in [0.25, 0.3) is 0 Å². The van der Waals surface area contributed by atoms with Crippen molar-refractivity contribution in [2.24, 2.45) is 16.8 Å². The predicted molar refractivity (Wildman–Crippen MR) is 135 cm³/mol. The van der Waals surface area contributed by atoms with Crippen LogP contribution in [0.3, 0.4) is 0 Å². The number of thioether (sulfide) groups is 1. The van der Waals surface area contributed by atoms with Gasteiger partial charge in [-0.3, -0.25) is 4.79 Å². The van der Waals surface area contributed by atoms with E-state index in [2.05, 4.69) is 16.3 Å². The molecule has 5 rings (SSSR count). The Morgan fingerprint density at radius 3 is 2.74 bits per heavy atom. The van der Waals surface area contributed by atoms with E-state index in [1.807, 2.05) is 51.3 Å². The van der Waals surface area contributed by atoms with Crippen LogP contribution >= 0.6 is 11.8 Å². The Bertz CT molecular complexity index is 1110. The first-order valence-electron chi connectivity index (χ1n) is 12.3. The van der Waals surface area contributed by atoms with E-state index in [-0.39, 0.29) is 30.4 Å². The topological polar surface area (TPSA) is 71.0 Å². The van der Waals surface area contributed by atoms with Crippen molar-refractivity contribution in [1.82, 2.24) is 10.2 Å². The third-order valence-electron chi connectivity index (χ3n) is 7.35. The van der Waals surface area contributed by atoms with Gasteiger partial charge in [0.15, 0.2) is 5.17 Å². The summed E-state index contributed by atoms with van der Waals surface area (Å²) in [4.78, 5) is 33.1. The number of amidine groups is 1. The summed E-state index contributed by atoms with van der Waals surface area (Å²) >= 11 is 1.51. The first-order valence-corrected chi connectivity index (χ1v) is 13.2. The van der Waals surface area contributed by atoms with Gasteiger partial charge in [-0.25, -0.2) is 9.79 Å². The Morgan fingerprint density at radius 2 is 2.06 bits per heavy atom. The number of aryl methyl sites for hydroxylation is 1. The fourth-order valence-electron chi connectivity index (χ4n) is 5.91. The second-order valence-corrected chi connectivity index (χ2v) is 11.1. The quantitative estimate of drug-likeness (QED) is 0.567. The number of fused-ring (bicyclic) bond motifs is 3. The van der Waals surface area contributed by atoms with Crippen molar-refractivity contribution in [3.05, 3.63) is 57.8 Å². The molecule has 6 nitrogen and oxygen atoms in total. The summed E-state index contributed by atoms with van der Waals surface area (Å²) in [5.41, 5.74) is 4.17. The SMILES string of the molecule is CC1=C(C(=O)OC(C)C)[C@H](c2cccc(C)c2)N2C(CC(=O)N[C@@H]3C[C@H]4CC[C@H]3C4)=CSC2=N1. The summed E-state index contributed by atoms with van der Waals surface area (Å²) < 4.78 is 5.63. The summed E-state index contributed by atoms with van der Waals surface area (Å²) in [6.07, 6.45) is 4.95. The highest BCUT2D eigenvalue weighted by Crippen LogP contribution is 2.46. The van der Waals surface area contributed by atoms with Crippen LogP contribution in [0.15, 0.2) is 51.6 Å². The molecular formula is C27H33N3O3S. The Morgan fingerprint density at radius 1 is 1.24 bits per heavy atom. The zero-order valence-corrected chi connectivity index (χ0v) is 21.2. The number of carbonyl (C=O) groups excluding carboxylic acids is 2. The summed E-state index contributed by atoms with van der Waals surface area (Å²) in [7, 11) is 0. The van der Waals surface area contributed by atoms with Crippen LogP contribution in [0.5, 0.6) is 0 Å². The third-order valence-corrected chi connectivity index (χ3v) is 8.24. The number of ether oxygens (including phenoxy) is 1. The van der Waals surface area contributed by atoms with Crippen molar-refractivity contribution in [1.29, 1.82) is 0 Å². The fourth-order valence-corrected chi connectivity index (χ4v) is 6.87. The predicted octanol–water partition coefficient (Wildman–Crippen LogP) is 5.22. The summed E-state index contributed by atoms with van der Waals surface area (Å²) in [6.45, 7) is 7.61. The van der Waals surface area contributed by atoms with E-state index in [0.29, 0.717) is 23.2 Å². The molecular weight excluding hydrogens is 446 g/mol. The monoisotopic (exact) mass is 479 g/mol. The highest BCUT2D eigenvalue weighted by atomic mass is 32.2. The summed E-state index contributed by atoms with van der Waals surface area (Å²) in [6, 6.07) is 8.11. The van der Waals surface area contributed by atoms with Crippen molar-refractivity contribution in [2.75, 3.05) is 0 Å². The average molecular weight is 480 g/mol. The average Bonchev–Trinajstić information content (AvgIpc) is 3.48. The number of amides is 1. The molecule has 2 aliphatic heterocycles. The van der Waals surface area contributed by atoms with Crippen LogP contribution in [0.2, 0.25) is 0 Å². The number of benzene rings is 1. The fraction of sp³-hybridized carbons (Fsp3) is 0.519. The molecule has 2 bridgehead atoms. The first kappa shape index (κ1) is 23.2. The lowest BCUT2D eigenvalue weighted by molar-refractivity contribution is -0.143. The number of carbonyl (C=O) groups is 2. The van der Waals surface area contributed by atoms with Gasteiger partial charge in [0.2, 0.25) is 5.91 Å². The van der Waals surface area contributed by atoms with Crippen LogP contribution in [0, 0.1) is 18.8 Å². The van der Waals surface area contributed by atoms with E-state index in [9.17, 15) is 9.59 Å². The third kappa shape index (κ3) is 4.42. The molecule has 1 N–H and O–H groups in total. The molecule has 4 aliphatic rings. The number of rotatable bonds is 6. The van der Waals surface area contributed by atoms with Crippen LogP contribution < -0.4 is 5.32 Å². The standard InChI is InChI=1S/C27H33N3O3S/c1-15(2)33-26(32)24-17(4)28-27-30(25(24)20-7-5-6-16(3)10-20)21(14-34-27)13-23(31)29-22-12-18-8-9-19(22)11-18/h5-7,10,14-15,18-19,22,25H,8-9,11-13H2,1-4H3,(H,29,31)/t18-,19-,22+,25-/m0/s1. The van der Waals surface area contributed by atoms with Crippen molar-refractivity contribution in [3.63, 3.8) is 0 Å². The van der Waals surface area contributed by atoms with Crippen molar-refractivity contribution in [3.8, 4) is 0 Å². The Kier molecular flexibility index (Phi) is 6.32. The van der Waals surface area contributed by atoms with Gasteiger partial charge in [-0.1, -0.05) is 48.0 Å². The number of hydrogen-bond donors (Lipinski definition) is 1. The van der Waals surface area contributed by atoms with Crippen LogP contribution in [-0.2, 0) is 14.3 Å². The van der Waals surface area contributed by atoms with Gasteiger partial charge >= 0.3 is 5.97 Å². The normalized spacial score (nSPS) is 27.6. The molecule has 2 heterocycles. The Labute approximate surface area is 205 Å². The lowest BCUT2D eigenvalue weighted by Crippen LogP contribution is -2.41. The first-order chi connectivity index (χ1) is 16.3. The van der Waals surface area contributed by atoms with Gasteiger partial charge in [-0.2, -0.15) is 0 Å². The van der Waals surface area contributed by atoms with Gasteiger partial charge in [0.05, 0.1) is 29.8 Å².